The Labute approximate surface area is 126 Å². The summed E-state index contributed by atoms with van der Waals surface area (Å²) in [5.41, 5.74) is 1.98. The number of rotatable bonds is 5. The minimum Gasteiger partial charge on any atom is -0.353 e. The molecule has 4 nitrogen and oxygen atoms in total. The molecule has 1 aliphatic heterocycles. The fourth-order valence-electron chi connectivity index (χ4n) is 2.79. The molecule has 0 unspecified atom stereocenters. The van der Waals surface area contributed by atoms with Gasteiger partial charge in [0.15, 0.2) is 0 Å². The molecule has 2 rings (SSSR count). The third kappa shape index (κ3) is 3.43. The smallest absolute Gasteiger partial charge is 0.227 e. The fourth-order valence-corrected chi connectivity index (χ4v) is 2.79. The second-order valence-electron chi connectivity index (χ2n) is 5.71. The topological polar surface area (TPSA) is 49.4 Å². The highest BCUT2D eigenvalue weighted by Crippen LogP contribution is 2.27. The van der Waals surface area contributed by atoms with Gasteiger partial charge in [-0.25, -0.2) is 0 Å². The molecule has 1 fully saturated rings. The quantitative estimate of drug-likeness (QED) is 0.905. The monoisotopic (exact) mass is 288 g/mol. The molecular weight excluding hydrogens is 264 g/mol. The lowest BCUT2D eigenvalue weighted by Gasteiger charge is -2.20. The van der Waals surface area contributed by atoms with Crippen molar-refractivity contribution in [3.63, 3.8) is 0 Å². The predicted molar refractivity (Wildman–Crippen MR) is 84.2 cm³/mol. The Balaban J connectivity index is 2.06. The maximum absolute atomic E-state index is 12.3. The van der Waals surface area contributed by atoms with Crippen LogP contribution >= 0.6 is 0 Å². The number of aryl methyl sites for hydroxylation is 1. The van der Waals surface area contributed by atoms with Gasteiger partial charge in [0.25, 0.3) is 0 Å². The zero-order valence-corrected chi connectivity index (χ0v) is 13.1. The van der Waals surface area contributed by atoms with Crippen LogP contribution < -0.4 is 10.2 Å². The van der Waals surface area contributed by atoms with Crippen LogP contribution in [0.4, 0.5) is 5.69 Å². The highest BCUT2D eigenvalue weighted by Gasteiger charge is 2.35. The van der Waals surface area contributed by atoms with Crippen LogP contribution in [0, 0.1) is 12.8 Å². The Hall–Kier alpha value is -1.84. The van der Waals surface area contributed by atoms with E-state index in [4.69, 9.17) is 0 Å². The molecule has 0 saturated carbocycles. The molecule has 1 N–H and O–H groups in total. The van der Waals surface area contributed by atoms with Gasteiger partial charge in [-0.05, 0) is 31.4 Å². The molecule has 4 heteroatoms. The Morgan fingerprint density at radius 3 is 2.62 bits per heavy atom. The molecule has 0 spiro atoms. The molecule has 0 radical (unpaired) electrons. The molecule has 1 heterocycles. The molecular formula is C17H24N2O2. The van der Waals surface area contributed by atoms with Crippen molar-refractivity contribution >= 4 is 17.5 Å². The molecule has 2 amide bonds. The van der Waals surface area contributed by atoms with Crippen molar-refractivity contribution in [1.82, 2.24) is 5.32 Å². The molecule has 114 valence electrons. The Morgan fingerprint density at radius 1 is 1.33 bits per heavy atom. The van der Waals surface area contributed by atoms with Crippen LogP contribution in [-0.4, -0.2) is 24.4 Å². The van der Waals surface area contributed by atoms with E-state index in [9.17, 15) is 9.59 Å². The van der Waals surface area contributed by atoms with Crippen LogP contribution in [0.15, 0.2) is 24.3 Å². The van der Waals surface area contributed by atoms with E-state index in [0.717, 1.165) is 24.1 Å². The highest BCUT2D eigenvalue weighted by atomic mass is 16.2. The number of anilines is 1. The van der Waals surface area contributed by atoms with Crippen molar-refractivity contribution in [2.45, 2.75) is 46.1 Å². The first-order chi connectivity index (χ1) is 10.1. The van der Waals surface area contributed by atoms with Crippen LogP contribution in [-0.2, 0) is 9.59 Å². The van der Waals surface area contributed by atoms with Gasteiger partial charge in [-0.2, -0.15) is 0 Å². The number of amides is 2. The Bertz CT molecular complexity index is 523. The van der Waals surface area contributed by atoms with Gasteiger partial charge in [0.05, 0.1) is 5.92 Å². The summed E-state index contributed by atoms with van der Waals surface area (Å²) >= 11 is 0. The number of hydrogen-bond donors (Lipinski definition) is 1. The minimum absolute atomic E-state index is 0.00753. The number of nitrogens with zero attached hydrogens (tertiary/aromatic N) is 1. The largest absolute Gasteiger partial charge is 0.353 e. The fraction of sp³-hybridized carbons (Fsp3) is 0.529. The molecule has 21 heavy (non-hydrogen) atoms. The van der Waals surface area contributed by atoms with E-state index >= 15 is 0 Å². The highest BCUT2D eigenvalue weighted by molar-refractivity contribution is 6.00. The average molecular weight is 288 g/mol. The number of carbonyl (C=O) groups is 2. The van der Waals surface area contributed by atoms with Crippen molar-refractivity contribution in [2.24, 2.45) is 5.92 Å². The van der Waals surface area contributed by atoms with Crippen molar-refractivity contribution < 1.29 is 9.59 Å². The van der Waals surface area contributed by atoms with Crippen molar-refractivity contribution in [2.75, 3.05) is 11.4 Å². The Kier molecular flexibility index (Phi) is 4.99. The van der Waals surface area contributed by atoms with Crippen molar-refractivity contribution in [3.05, 3.63) is 29.8 Å². The van der Waals surface area contributed by atoms with Crippen molar-refractivity contribution in [3.8, 4) is 0 Å². The van der Waals surface area contributed by atoms with E-state index in [-0.39, 0.29) is 23.8 Å². The summed E-state index contributed by atoms with van der Waals surface area (Å²) in [4.78, 5) is 26.2. The zero-order chi connectivity index (χ0) is 15.4. The number of carbonyl (C=O) groups excluding carboxylic acids is 2. The molecule has 0 aliphatic carbocycles. The Morgan fingerprint density at radius 2 is 2.00 bits per heavy atom. The third-order valence-electron chi connectivity index (χ3n) is 4.23. The number of benzene rings is 1. The summed E-state index contributed by atoms with van der Waals surface area (Å²) in [6.45, 7) is 6.59. The molecule has 1 saturated heterocycles. The number of para-hydroxylation sites is 1. The normalized spacial score (nSPS) is 18.4. The lowest BCUT2D eigenvalue weighted by Crippen LogP contribution is -2.39. The molecule has 1 aromatic carbocycles. The van der Waals surface area contributed by atoms with E-state index in [0.29, 0.717) is 13.0 Å². The van der Waals surface area contributed by atoms with Crippen LogP contribution in [0.5, 0.6) is 0 Å². The molecule has 1 atom stereocenters. The standard InChI is InChI=1S/C17H24N2O2/c1-4-14(5-2)18-17(21)13-10-16(20)19(11-13)15-9-7-6-8-12(15)3/h6-9,13-14H,4-5,10-11H2,1-3H3,(H,18,21)/t13-/m1/s1. The summed E-state index contributed by atoms with van der Waals surface area (Å²) in [5.74, 6) is -0.195. The molecule has 0 aromatic heterocycles. The number of hydrogen-bond acceptors (Lipinski definition) is 2. The van der Waals surface area contributed by atoms with Crippen LogP contribution in [0.3, 0.4) is 0 Å². The van der Waals surface area contributed by atoms with Gasteiger partial charge in [0, 0.05) is 24.7 Å². The summed E-state index contributed by atoms with van der Waals surface area (Å²) < 4.78 is 0. The first kappa shape index (κ1) is 15.5. The maximum Gasteiger partial charge on any atom is 0.227 e. The van der Waals surface area contributed by atoms with E-state index in [1.165, 1.54) is 0 Å². The second kappa shape index (κ2) is 6.74. The van der Waals surface area contributed by atoms with Gasteiger partial charge >= 0.3 is 0 Å². The van der Waals surface area contributed by atoms with E-state index in [2.05, 4.69) is 19.2 Å². The molecule has 1 aromatic rings. The van der Waals surface area contributed by atoms with Gasteiger partial charge < -0.3 is 10.2 Å². The SMILES string of the molecule is CCC(CC)NC(=O)[C@@H]1CC(=O)N(c2ccccc2C)C1. The van der Waals surface area contributed by atoms with Crippen LogP contribution in [0.2, 0.25) is 0 Å². The summed E-state index contributed by atoms with van der Waals surface area (Å²) in [6.07, 6.45) is 2.15. The second-order valence-corrected chi connectivity index (χ2v) is 5.71. The first-order valence-corrected chi connectivity index (χ1v) is 7.73. The summed E-state index contributed by atoms with van der Waals surface area (Å²) in [7, 11) is 0. The lowest BCUT2D eigenvalue weighted by molar-refractivity contribution is -0.127. The zero-order valence-electron chi connectivity index (χ0n) is 13.1. The van der Waals surface area contributed by atoms with E-state index < -0.39 is 0 Å². The number of nitrogens with one attached hydrogen (secondary N) is 1. The van der Waals surface area contributed by atoms with Gasteiger partial charge in [0.2, 0.25) is 11.8 Å². The van der Waals surface area contributed by atoms with Gasteiger partial charge in [-0.15, -0.1) is 0 Å². The minimum atomic E-state index is -0.238. The van der Waals surface area contributed by atoms with E-state index in [1.54, 1.807) is 4.90 Å². The van der Waals surface area contributed by atoms with E-state index in [1.807, 2.05) is 31.2 Å². The van der Waals surface area contributed by atoms with Crippen molar-refractivity contribution in [1.29, 1.82) is 0 Å². The average Bonchev–Trinajstić information content (AvgIpc) is 2.87. The first-order valence-electron chi connectivity index (χ1n) is 7.73. The van der Waals surface area contributed by atoms with Gasteiger partial charge in [-0.3, -0.25) is 9.59 Å². The maximum atomic E-state index is 12.3. The summed E-state index contributed by atoms with van der Waals surface area (Å²) in [6, 6.07) is 8.01. The third-order valence-corrected chi connectivity index (χ3v) is 4.23. The molecule has 0 bridgehead atoms. The summed E-state index contributed by atoms with van der Waals surface area (Å²) in [5, 5.41) is 3.05. The lowest BCUT2D eigenvalue weighted by atomic mass is 10.1. The van der Waals surface area contributed by atoms with Crippen LogP contribution in [0.1, 0.15) is 38.7 Å². The molecule has 1 aliphatic rings. The van der Waals surface area contributed by atoms with Gasteiger partial charge in [-0.1, -0.05) is 32.0 Å². The van der Waals surface area contributed by atoms with Gasteiger partial charge in [0.1, 0.15) is 0 Å². The predicted octanol–water partition coefficient (Wildman–Crippen LogP) is 2.65. The van der Waals surface area contributed by atoms with Crippen LogP contribution in [0.25, 0.3) is 0 Å².